The van der Waals surface area contributed by atoms with Crippen molar-refractivity contribution >= 4 is 51.3 Å². The summed E-state index contributed by atoms with van der Waals surface area (Å²) in [6.07, 6.45) is 0. The molecular formula is C13H11IN4S. The SMILES string of the molecule is S=C(N=Nc1ccc(I)cc1)NNc1ccccc1. The van der Waals surface area contributed by atoms with Gasteiger partial charge in [0.1, 0.15) is 0 Å². The van der Waals surface area contributed by atoms with Crippen LogP contribution in [0.25, 0.3) is 0 Å². The lowest BCUT2D eigenvalue weighted by Gasteiger charge is -2.06. The second kappa shape index (κ2) is 7.15. The highest BCUT2D eigenvalue weighted by Gasteiger charge is 1.94. The Morgan fingerprint density at radius 2 is 1.68 bits per heavy atom. The molecule has 2 aromatic carbocycles. The lowest BCUT2D eigenvalue weighted by Crippen LogP contribution is -2.25. The minimum absolute atomic E-state index is 0.280. The number of hydrogen-bond acceptors (Lipinski definition) is 3. The third kappa shape index (κ3) is 4.92. The molecule has 96 valence electrons. The van der Waals surface area contributed by atoms with Crippen LogP contribution in [-0.4, -0.2) is 5.11 Å². The van der Waals surface area contributed by atoms with Crippen LogP contribution in [0.1, 0.15) is 0 Å². The first-order chi connectivity index (χ1) is 9.24. The van der Waals surface area contributed by atoms with Crippen LogP contribution in [0.5, 0.6) is 0 Å². The molecule has 0 radical (unpaired) electrons. The van der Waals surface area contributed by atoms with Crippen molar-refractivity contribution < 1.29 is 0 Å². The molecule has 0 aliphatic carbocycles. The zero-order valence-electron chi connectivity index (χ0n) is 9.88. The van der Waals surface area contributed by atoms with Gasteiger partial charge in [-0.1, -0.05) is 18.2 Å². The Hall–Kier alpha value is -1.54. The van der Waals surface area contributed by atoms with Gasteiger partial charge < -0.3 is 0 Å². The maximum Gasteiger partial charge on any atom is 0.232 e. The summed E-state index contributed by atoms with van der Waals surface area (Å²) in [5.74, 6) is 0. The van der Waals surface area contributed by atoms with Crippen LogP contribution in [0.4, 0.5) is 11.4 Å². The van der Waals surface area contributed by atoms with Gasteiger partial charge in [-0.15, -0.1) is 10.2 Å². The van der Waals surface area contributed by atoms with Crippen LogP contribution < -0.4 is 10.9 Å². The summed E-state index contributed by atoms with van der Waals surface area (Å²) >= 11 is 7.28. The summed E-state index contributed by atoms with van der Waals surface area (Å²) in [7, 11) is 0. The van der Waals surface area contributed by atoms with E-state index in [1.807, 2.05) is 54.6 Å². The van der Waals surface area contributed by atoms with Crippen LogP contribution in [0.15, 0.2) is 64.8 Å². The fourth-order valence-corrected chi connectivity index (χ4v) is 1.73. The zero-order chi connectivity index (χ0) is 13.5. The van der Waals surface area contributed by atoms with Crippen molar-refractivity contribution in [3.63, 3.8) is 0 Å². The predicted molar refractivity (Wildman–Crippen MR) is 89.5 cm³/mol. The summed E-state index contributed by atoms with van der Waals surface area (Å²) in [5, 5.41) is 8.24. The molecule has 0 saturated heterocycles. The van der Waals surface area contributed by atoms with Crippen molar-refractivity contribution in [1.29, 1.82) is 0 Å². The Morgan fingerprint density at radius 3 is 2.37 bits per heavy atom. The molecule has 0 aliphatic heterocycles. The number of para-hydroxylation sites is 1. The van der Waals surface area contributed by atoms with Gasteiger partial charge in [0, 0.05) is 3.57 Å². The normalized spacial score (nSPS) is 10.4. The van der Waals surface area contributed by atoms with Crippen molar-refractivity contribution in [3.8, 4) is 0 Å². The third-order valence-electron chi connectivity index (χ3n) is 2.17. The van der Waals surface area contributed by atoms with Gasteiger partial charge in [0.25, 0.3) is 0 Å². The summed E-state index contributed by atoms with van der Waals surface area (Å²) < 4.78 is 1.16. The van der Waals surface area contributed by atoms with Gasteiger partial charge in [-0.25, -0.2) is 0 Å². The molecule has 0 bridgehead atoms. The van der Waals surface area contributed by atoms with E-state index in [1.54, 1.807) is 0 Å². The van der Waals surface area contributed by atoms with Gasteiger partial charge in [0.2, 0.25) is 5.11 Å². The first-order valence-electron chi connectivity index (χ1n) is 5.52. The minimum atomic E-state index is 0.280. The maximum atomic E-state index is 5.04. The molecular weight excluding hydrogens is 371 g/mol. The summed E-state index contributed by atoms with van der Waals surface area (Å²) in [6, 6.07) is 17.4. The van der Waals surface area contributed by atoms with E-state index >= 15 is 0 Å². The first-order valence-corrected chi connectivity index (χ1v) is 7.01. The Balaban J connectivity index is 1.86. The quantitative estimate of drug-likeness (QED) is 0.361. The largest absolute Gasteiger partial charge is 0.299 e. The number of azo groups is 1. The second-order valence-corrected chi connectivity index (χ2v) is 5.23. The molecule has 4 nitrogen and oxygen atoms in total. The van der Waals surface area contributed by atoms with Crippen molar-refractivity contribution in [1.82, 2.24) is 5.43 Å². The predicted octanol–water partition coefficient (Wildman–Crippen LogP) is 4.28. The minimum Gasteiger partial charge on any atom is -0.299 e. The lowest BCUT2D eigenvalue weighted by molar-refractivity contribution is 1.10. The van der Waals surface area contributed by atoms with E-state index < -0.39 is 0 Å². The van der Waals surface area contributed by atoms with Crippen LogP contribution >= 0.6 is 34.8 Å². The third-order valence-corrected chi connectivity index (χ3v) is 3.07. The van der Waals surface area contributed by atoms with E-state index in [1.165, 1.54) is 0 Å². The van der Waals surface area contributed by atoms with E-state index in [4.69, 9.17) is 12.2 Å². The Kier molecular flexibility index (Phi) is 5.22. The molecule has 0 aliphatic rings. The highest BCUT2D eigenvalue weighted by molar-refractivity contribution is 14.1. The van der Waals surface area contributed by atoms with Gasteiger partial charge >= 0.3 is 0 Å². The zero-order valence-corrected chi connectivity index (χ0v) is 12.9. The molecule has 2 aromatic rings. The number of hydrogen-bond donors (Lipinski definition) is 2. The molecule has 2 N–H and O–H groups in total. The number of nitrogens with zero attached hydrogens (tertiary/aromatic N) is 2. The molecule has 2 rings (SSSR count). The number of nitrogens with one attached hydrogen (secondary N) is 2. The number of anilines is 1. The molecule has 0 atom stereocenters. The molecule has 0 spiro atoms. The van der Waals surface area contributed by atoms with Gasteiger partial charge in [-0.3, -0.25) is 10.9 Å². The first kappa shape index (κ1) is 13.9. The fraction of sp³-hybridized carbons (Fsp3) is 0. The highest BCUT2D eigenvalue weighted by atomic mass is 127. The van der Waals surface area contributed by atoms with Crippen molar-refractivity contribution in [3.05, 3.63) is 58.2 Å². The number of rotatable bonds is 3. The summed E-state index contributed by atoms with van der Waals surface area (Å²) in [6.45, 7) is 0. The van der Waals surface area contributed by atoms with Crippen molar-refractivity contribution in [2.24, 2.45) is 10.2 Å². The number of halogens is 1. The molecule has 0 unspecified atom stereocenters. The topological polar surface area (TPSA) is 48.8 Å². The van der Waals surface area contributed by atoms with E-state index in [-0.39, 0.29) is 5.11 Å². The van der Waals surface area contributed by atoms with Crippen LogP contribution in [0.2, 0.25) is 0 Å². The molecule has 0 aromatic heterocycles. The number of thiocarbonyl (C=S) groups is 1. The maximum absolute atomic E-state index is 5.04. The molecule has 6 heteroatoms. The monoisotopic (exact) mass is 382 g/mol. The number of hydrazine groups is 1. The smallest absolute Gasteiger partial charge is 0.232 e. The van der Waals surface area contributed by atoms with Gasteiger partial charge in [-0.05, 0) is 71.2 Å². The lowest BCUT2D eigenvalue weighted by atomic mass is 10.3. The fourth-order valence-electron chi connectivity index (χ4n) is 1.28. The Morgan fingerprint density at radius 1 is 1.00 bits per heavy atom. The van der Waals surface area contributed by atoms with Crippen LogP contribution in [0, 0.1) is 3.57 Å². The highest BCUT2D eigenvalue weighted by Crippen LogP contribution is 2.14. The van der Waals surface area contributed by atoms with Crippen LogP contribution in [0.3, 0.4) is 0 Å². The van der Waals surface area contributed by atoms with Gasteiger partial charge in [0.15, 0.2) is 0 Å². The summed E-state index contributed by atoms with van der Waals surface area (Å²) in [5.41, 5.74) is 7.42. The van der Waals surface area contributed by atoms with Gasteiger partial charge in [0.05, 0.1) is 11.4 Å². The molecule has 0 amide bonds. The standard InChI is InChI=1S/C13H11IN4S/c14-10-6-8-12(9-7-10)16-18-13(19)17-15-11-4-2-1-3-5-11/h1-9,15H,(H,17,19). The average Bonchev–Trinajstić information content (AvgIpc) is 2.45. The second-order valence-electron chi connectivity index (χ2n) is 3.60. The van der Waals surface area contributed by atoms with E-state index in [0.717, 1.165) is 14.9 Å². The van der Waals surface area contributed by atoms with E-state index in [2.05, 4.69) is 43.7 Å². The average molecular weight is 382 g/mol. The molecule has 0 saturated carbocycles. The van der Waals surface area contributed by atoms with E-state index in [9.17, 15) is 0 Å². The molecule has 0 fully saturated rings. The van der Waals surface area contributed by atoms with E-state index in [0.29, 0.717) is 0 Å². The Bertz CT molecular complexity index is 569. The van der Waals surface area contributed by atoms with Crippen molar-refractivity contribution in [2.45, 2.75) is 0 Å². The number of benzene rings is 2. The van der Waals surface area contributed by atoms with Crippen LogP contribution in [-0.2, 0) is 0 Å². The van der Waals surface area contributed by atoms with Crippen molar-refractivity contribution in [2.75, 3.05) is 5.43 Å². The van der Waals surface area contributed by atoms with Gasteiger partial charge in [-0.2, -0.15) is 0 Å². The Labute approximate surface area is 130 Å². The molecule has 19 heavy (non-hydrogen) atoms. The summed E-state index contributed by atoms with van der Waals surface area (Å²) in [4.78, 5) is 0. The molecule has 0 heterocycles.